The molecule has 1 aromatic rings. The van der Waals surface area contributed by atoms with Gasteiger partial charge in [-0.3, -0.25) is 14.4 Å². The van der Waals surface area contributed by atoms with E-state index in [1.165, 1.54) is 0 Å². The Labute approximate surface area is 172 Å². The van der Waals surface area contributed by atoms with Gasteiger partial charge in [0.25, 0.3) is 11.8 Å². The lowest BCUT2D eigenvalue weighted by atomic mass is 9.87. The van der Waals surface area contributed by atoms with Crippen molar-refractivity contribution in [2.75, 3.05) is 19.8 Å². The predicted molar refractivity (Wildman–Crippen MR) is 110 cm³/mol. The molecule has 0 atom stereocenters. The molecule has 160 valence electrons. The lowest BCUT2D eigenvalue weighted by Gasteiger charge is -2.26. The molecule has 0 unspecified atom stereocenters. The molecule has 2 rings (SSSR count). The molecule has 1 saturated carbocycles. The fourth-order valence-electron chi connectivity index (χ4n) is 3.16. The van der Waals surface area contributed by atoms with Gasteiger partial charge in [-0.2, -0.15) is 0 Å². The summed E-state index contributed by atoms with van der Waals surface area (Å²) in [5.74, 6) is 0.0678. The Morgan fingerprint density at radius 3 is 2.41 bits per heavy atom. The molecule has 1 fully saturated rings. The predicted octanol–water partition coefficient (Wildman–Crippen LogP) is 2.83. The van der Waals surface area contributed by atoms with Crippen LogP contribution in [0.15, 0.2) is 24.3 Å². The molecule has 0 bridgehead atoms. The topological polar surface area (TPSA) is 93.7 Å². The Balaban J connectivity index is 1.63. The number of unbranched alkanes of at least 4 members (excludes halogenated alkanes) is 1. The summed E-state index contributed by atoms with van der Waals surface area (Å²) in [6.45, 7) is 4.32. The summed E-state index contributed by atoms with van der Waals surface area (Å²) in [6.07, 6.45) is 6.14. The minimum atomic E-state index is -0.648. The van der Waals surface area contributed by atoms with Crippen molar-refractivity contribution in [3.63, 3.8) is 0 Å². The van der Waals surface area contributed by atoms with Gasteiger partial charge < -0.3 is 20.1 Å². The number of hydrogen-bond donors (Lipinski definition) is 2. The summed E-state index contributed by atoms with van der Waals surface area (Å²) in [5.41, 5.74) is 0.421. The molecule has 1 aromatic carbocycles. The van der Waals surface area contributed by atoms with Crippen LogP contribution in [0, 0.1) is 5.92 Å². The first-order valence-corrected chi connectivity index (χ1v) is 10.4. The second-order valence-corrected chi connectivity index (χ2v) is 7.59. The minimum Gasteiger partial charge on any atom is -0.494 e. The van der Waals surface area contributed by atoms with Crippen molar-refractivity contribution in [1.29, 1.82) is 0 Å². The second kappa shape index (κ2) is 12.1. The van der Waals surface area contributed by atoms with Crippen LogP contribution in [0.4, 0.5) is 0 Å². The zero-order valence-corrected chi connectivity index (χ0v) is 17.4. The number of ether oxygens (including phenoxy) is 2. The van der Waals surface area contributed by atoms with E-state index in [9.17, 15) is 14.4 Å². The van der Waals surface area contributed by atoms with Crippen molar-refractivity contribution in [3.8, 4) is 5.75 Å². The Bertz CT molecular complexity index is 666. The van der Waals surface area contributed by atoms with E-state index in [2.05, 4.69) is 24.5 Å². The smallest absolute Gasteiger partial charge is 0.325 e. The van der Waals surface area contributed by atoms with Crippen molar-refractivity contribution in [2.24, 2.45) is 5.92 Å². The third-order valence-corrected chi connectivity index (χ3v) is 5.02. The van der Waals surface area contributed by atoms with E-state index in [4.69, 9.17) is 9.47 Å². The summed E-state index contributed by atoms with van der Waals surface area (Å²) in [4.78, 5) is 35.8. The number of rotatable bonds is 10. The standard InChI is InChI=1S/C22H32N2O5/c1-3-4-13-28-19-11-7-17(8-12-19)22(27)23-14-21(26)29-15-20(25)24-18-9-5-16(2)6-10-18/h7-8,11-12,16,18H,3-6,9-10,13-15H2,1-2H3,(H,23,27)(H,24,25). The molecule has 1 aliphatic rings. The number of benzene rings is 1. The number of carbonyl (C=O) groups is 3. The second-order valence-electron chi connectivity index (χ2n) is 7.59. The van der Waals surface area contributed by atoms with E-state index >= 15 is 0 Å². The normalized spacial score (nSPS) is 18.6. The van der Waals surface area contributed by atoms with Gasteiger partial charge in [-0.25, -0.2) is 0 Å². The van der Waals surface area contributed by atoms with Crippen molar-refractivity contribution in [2.45, 2.75) is 58.4 Å². The van der Waals surface area contributed by atoms with Gasteiger partial charge in [0.05, 0.1) is 6.61 Å². The summed E-state index contributed by atoms with van der Waals surface area (Å²) in [5, 5.41) is 5.39. The molecule has 2 N–H and O–H groups in total. The fourth-order valence-corrected chi connectivity index (χ4v) is 3.16. The Hall–Kier alpha value is -2.57. The van der Waals surface area contributed by atoms with Gasteiger partial charge in [0, 0.05) is 11.6 Å². The molecule has 0 saturated heterocycles. The van der Waals surface area contributed by atoms with E-state index in [1.807, 2.05) is 0 Å². The van der Waals surface area contributed by atoms with E-state index < -0.39 is 5.97 Å². The molecule has 1 aliphatic carbocycles. The number of carbonyl (C=O) groups excluding carboxylic acids is 3. The van der Waals surface area contributed by atoms with Gasteiger partial charge in [0.1, 0.15) is 12.3 Å². The molecule has 7 nitrogen and oxygen atoms in total. The van der Waals surface area contributed by atoms with Gasteiger partial charge >= 0.3 is 5.97 Å². The highest BCUT2D eigenvalue weighted by Gasteiger charge is 2.20. The van der Waals surface area contributed by atoms with Crippen LogP contribution in [0.1, 0.15) is 62.7 Å². The third kappa shape index (κ3) is 8.54. The van der Waals surface area contributed by atoms with E-state index in [1.54, 1.807) is 24.3 Å². The van der Waals surface area contributed by atoms with Gasteiger partial charge in [0.15, 0.2) is 6.61 Å². The molecule has 29 heavy (non-hydrogen) atoms. The Kier molecular flexibility index (Phi) is 9.47. The van der Waals surface area contributed by atoms with E-state index in [0.29, 0.717) is 23.8 Å². The highest BCUT2D eigenvalue weighted by Crippen LogP contribution is 2.23. The van der Waals surface area contributed by atoms with Crippen LogP contribution < -0.4 is 15.4 Å². The minimum absolute atomic E-state index is 0.158. The van der Waals surface area contributed by atoms with Crippen LogP contribution in [0.5, 0.6) is 5.75 Å². The number of esters is 1. The molecule has 0 aromatic heterocycles. The van der Waals surface area contributed by atoms with Crippen molar-refractivity contribution >= 4 is 17.8 Å². The van der Waals surface area contributed by atoms with E-state index in [0.717, 1.165) is 38.5 Å². The summed E-state index contributed by atoms with van der Waals surface area (Å²) in [7, 11) is 0. The summed E-state index contributed by atoms with van der Waals surface area (Å²) in [6, 6.07) is 6.88. The molecule has 0 spiro atoms. The fraction of sp³-hybridized carbons (Fsp3) is 0.591. The number of nitrogens with one attached hydrogen (secondary N) is 2. The molecule has 0 radical (unpaired) electrons. The highest BCUT2D eigenvalue weighted by atomic mass is 16.5. The molecule has 0 aliphatic heterocycles. The lowest BCUT2D eigenvalue weighted by Crippen LogP contribution is -2.40. The van der Waals surface area contributed by atoms with Gasteiger partial charge in [-0.05, 0) is 62.3 Å². The van der Waals surface area contributed by atoms with Crippen molar-refractivity contribution < 1.29 is 23.9 Å². The van der Waals surface area contributed by atoms with Crippen molar-refractivity contribution in [3.05, 3.63) is 29.8 Å². The molecule has 0 heterocycles. The largest absolute Gasteiger partial charge is 0.494 e. The zero-order valence-electron chi connectivity index (χ0n) is 17.4. The molecular weight excluding hydrogens is 372 g/mol. The van der Waals surface area contributed by atoms with Crippen LogP contribution in [-0.2, 0) is 14.3 Å². The molecule has 2 amide bonds. The maximum atomic E-state index is 12.1. The van der Waals surface area contributed by atoms with Crippen LogP contribution in [0.25, 0.3) is 0 Å². The Morgan fingerprint density at radius 2 is 1.76 bits per heavy atom. The average molecular weight is 405 g/mol. The SMILES string of the molecule is CCCCOc1ccc(C(=O)NCC(=O)OCC(=O)NC2CCC(C)CC2)cc1. The highest BCUT2D eigenvalue weighted by molar-refractivity contribution is 5.96. The van der Waals surface area contributed by atoms with Gasteiger partial charge in [-0.15, -0.1) is 0 Å². The quantitative estimate of drug-likeness (QED) is 0.462. The first kappa shape index (κ1) is 22.7. The molecular formula is C22H32N2O5. The van der Waals surface area contributed by atoms with Crippen LogP contribution in [0.3, 0.4) is 0 Å². The van der Waals surface area contributed by atoms with E-state index in [-0.39, 0.29) is 31.0 Å². The zero-order chi connectivity index (χ0) is 21.1. The first-order chi connectivity index (χ1) is 14.0. The summed E-state index contributed by atoms with van der Waals surface area (Å²) < 4.78 is 10.5. The van der Waals surface area contributed by atoms with Crippen LogP contribution >= 0.6 is 0 Å². The summed E-state index contributed by atoms with van der Waals surface area (Å²) >= 11 is 0. The van der Waals surface area contributed by atoms with Crippen molar-refractivity contribution in [1.82, 2.24) is 10.6 Å². The lowest BCUT2D eigenvalue weighted by molar-refractivity contribution is -0.147. The van der Waals surface area contributed by atoms with Crippen LogP contribution in [-0.4, -0.2) is 43.6 Å². The Morgan fingerprint density at radius 1 is 1.07 bits per heavy atom. The number of hydrogen-bond acceptors (Lipinski definition) is 5. The third-order valence-electron chi connectivity index (χ3n) is 5.02. The molecule has 7 heteroatoms. The maximum absolute atomic E-state index is 12.1. The van der Waals surface area contributed by atoms with Gasteiger partial charge in [-0.1, -0.05) is 20.3 Å². The van der Waals surface area contributed by atoms with Crippen LogP contribution in [0.2, 0.25) is 0 Å². The first-order valence-electron chi connectivity index (χ1n) is 10.4. The average Bonchev–Trinajstić information content (AvgIpc) is 2.73. The number of amides is 2. The monoisotopic (exact) mass is 404 g/mol. The maximum Gasteiger partial charge on any atom is 0.325 e. The van der Waals surface area contributed by atoms with Gasteiger partial charge in [0.2, 0.25) is 0 Å².